The molecule has 1 heterocycles. The van der Waals surface area contributed by atoms with Gasteiger partial charge in [-0.2, -0.15) is 0 Å². The fraction of sp³-hybridized carbons (Fsp3) is 0.154. The Morgan fingerprint density at radius 1 is 1.00 bits per heavy atom. The quantitative estimate of drug-likeness (QED) is 0.540. The molecule has 162 valence electrons. The minimum Gasteiger partial charge on any atom is -0.341 e. The number of anilines is 1. The second-order valence-electron chi connectivity index (χ2n) is 7.64. The van der Waals surface area contributed by atoms with Crippen LogP contribution in [-0.4, -0.2) is 24.9 Å². The van der Waals surface area contributed by atoms with Gasteiger partial charge in [0.25, 0.3) is 5.91 Å². The van der Waals surface area contributed by atoms with Crippen LogP contribution in [0.1, 0.15) is 23.1 Å². The summed E-state index contributed by atoms with van der Waals surface area (Å²) in [6, 6.07) is 22.1. The summed E-state index contributed by atoms with van der Waals surface area (Å²) in [6.45, 7) is 0. The Labute approximate surface area is 197 Å². The molecule has 1 unspecified atom stereocenters. The van der Waals surface area contributed by atoms with E-state index in [4.69, 9.17) is 23.2 Å². The molecule has 1 N–H and O–H groups in total. The van der Waals surface area contributed by atoms with Gasteiger partial charge in [-0.15, -0.1) is 0 Å². The van der Waals surface area contributed by atoms with Crippen LogP contribution in [0.5, 0.6) is 0 Å². The van der Waals surface area contributed by atoms with Crippen LogP contribution in [0.15, 0.2) is 78.9 Å². The maximum atomic E-state index is 13.2. The lowest BCUT2D eigenvalue weighted by Gasteiger charge is -2.21. The number of fused-ring (bicyclic) bond motifs is 1. The number of nitrogens with one attached hydrogen (secondary N) is 1. The molecule has 1 aliphatic rings. The second-order valence-corrected chi connectivity index (χ2v) is 8.49. The highest BCUT2D eigenvalue weighted by molar-refractivity contribution is 6.35. The first-order valence-electron chi connectivity index (χ1n) is 10.3. The summed E-state index contributed by atoms with van der Waals surface area (Å²) >= 11 is 12.2. The van der Waals surface area contributed by atoms with Crippen molar-refractivity contribution in [2.45, 2.75) is 18.9 Å². The van der Waals surface area contributed by atoms with Crippen molar-refractivity contribution in [2.24, 2.45) is 0 Å². The first-order valence-corrected chi connectivity index (χ1v) is 11.1. The summed E-state index contributed by atoms with van der Waals surface area (Å²) in [5.41, 5.74) is 4.47. The van der Waals surface area contributed by atoms with Crippen molar-refractivity contribution in [1.29, 1.82) is 0 Å². The maximum absolute atomic E-state index is 13.2. The fourth-order valence-corrected chi connectivity index (χ4v) is 4.34. The molecule has 0 radical (unpaired) electrons. The van der Waals surface area contributed by atoms with E-state index in [1.807, 2.05) is 66.7 Å². The molecule has 4 rings (SSSR count). The normalized spacial score (nSPS) is 15.6. The van der Waals surface area contributed by atoms with Gasteiger partial charge >= 0.3 is 0 Å². The summed E-state index contributed by atoms with van der Waals surface area (Å²) in [5, 5.41) is 3.97. The molecule has 4 nitrogen and oxygen atoms in total. The highest BCUT2D eigenvalue weighted by Crippen LogP contribution is 2.34. The molecule has 1 atom stereocenters. The predicted molar refractivity (Wildman–Crippen MR) is 130 cm³/mol. The number of aryl methyl sites for hydroxylation is 1. The van der Waals surface area contributed by atoms with E-state index < -0.39 is 6.04 Å². The summed E-state index contributed by atoms with van der Waals surface area (Å²) in [7, 11) is 1.73. The molecule has 0 fully saturated rings. The molecule has 2 amide bonds. The molecule has 3 aromatic carbocycles. The first-order chi connectivity index (χ1) is 15.4. The molecule has 0 aliphatic carbocycles. The van der Waals surface area contributed by atoms with E-state index in [0.29, 0.717) is 16.5 Å². The number of rotatable bonds is 5. The Hall–Kier alpha value is -3.08. The number of hydrogen-bond acceptors (Lipinski definition) is 2. The largest absolute Gasteiger partial charge is 0.341 e. The Morgan fingerprint density at radius 3 is 2.47 bits per heavy atom. The number of carbonyl (C=O) groups is 2. The molecular weight excluding hydrogens is 443 g/mol. The predicted octanol–water partition coefficient (Wildman–Crippen LogP) is 5.52. The fourth-order valence-electron chi connectivity index (χ4n) is 3.84. The molecule has 0 aromatic heterocycles. The molecular formula is C26H22Cl2N2O2. The van der Waals surface area contributed by atoms with Crippen LogP contribution in [0.2, 0.25) is 10.0 Å². The van der Waals surface area contributed by atoms with E-state index >= 15 is 0 Å². The Balaban J connectivity index is 1.60. The van der Waals surface area contributed by atoms with E-state index in [1.54, 1.807) is 24.1 Å². The van der Waals surface area contributed by atoms with Gasteiger partial charge in [0, 0.05) is 29.1 Å². The number of carbonyl (C=O) groups excluding carboxylic acids is 2. The number of amides is 2. The van der Waals surface area contributed by atoms with Crippen molar-refractivity contribution >= 4 is 46.3 Å². The third kappa shape index (κ3) is 4.72. The van der Waals surface area contributed by atoms with Gasteiger partial charge in [-0.25, -0.2) is 0 Å². The Morgan fingerprint density at radius 2 is 1.72 bits per heavy atom. The summed E-state index contributed by atoms with van der Waals surface area (Å²) in [6.07, 6.45) is 2.50. The van der Waals surface area contributed by atoms with E-state index in [9.17, 15) is 9.59 Å². The van der Waals surface area contributed by atoms with Gasteiger partial charge in [0.2, 0.25) is 5.91 Å². The number of para-hydroxylation sites is 1. The lowest BCUT2D eigenvalue weighted by atomic mass is 9.95. The van der Waals surface area contributed by atoms with E-state index in [1.165, 1.54) is 0 Å². The van der Waals surface area contributed by atoms with Crippen LogP contribution in [0.25, 0.3) is 5.57 Å². The van der Waals surface area contributed by atoms with Crippen molar-refractivity contribution in [2.75, 3.05) is 11.9 Å². The molecule has 0 spiro atoms. The van der Waals surface area contributed by atoms with Gasteiger partial charge in [-0.3, -0.25) is 9.59 Å². The van der Waals surface area contributed by atoms with E-state index in [0.717, 1.165) is 28.0 Å². The monoisotopic (exact) mass is 464 g/mol. The summed E-state index contributed by atoms with van der Waals surface area (Å²) < 4.78 is 0. The highest BCUT2D eigenvalue weighted by Gasteiger charge is 2.29. The molecule has 3 aromatic rings. The number of hydrogen-bond donors (Lipinski definition) is 1. The third-order valence-electron chi connectivity index (χ3n) is 5.52. The van der Waals surface area contributed by atoms with Gasteiger partial charge < -0.3 is 10.2 Å². The Bertz CT molecular complexity index is 1190. The van der Waals surface area contributed by atoms with Crippen molar-refractivity contribution in [1.82, 2.24) is 5.32 Å². The average molecular weight is 465 g/mol. The average Bonchev–Trinajstić information content (AvgIpc) is 2.90. The second kappa shape index (κ2) is 9.60. The van der Waals surface area contributed by atoms with Crippen LogP contribution >= 0.6 is 23.2 Å². The van der Waals surface area contributed by atoms with Gasteiger partial charge in [-0.05, 0) is 47.4 Å². The van der Waals surface area contributed by atoms with Gasteiger partial charge in [0.1, 0.15) is 6.04 Å². The minimum absolute atomic E-state index is 0.193. The maximum Gasteiger partial charge on any atom is 0.253 e. The van der Waals surface area contributed by atoms with Crippen molar-refractivity contribution < 1.29 is 9.59 Å². The van der Waals surface area contributed by atoms with Crippen LogP contribution < -0.4 is 10.2 Å². The van der Waals surface area contributed by atoms with Crippen LogP contribution in [0, 0.1) is 0 Å². The van der Waals surface area contributed by atoms with Crippen LogP contribution in [0.4, 0.5) is 5.69 Å². The molecule has 1 aliphatic heterocycles. The number of likely N-dealkylation sites (N-methyl/N-ethyl adjacent to an activating group) is 1. The number of benzene rings is 3. The first kappa shape index (κ1) is 22.1. The highest BCUT2D eigenvalue weighted by atomic mass is 35.5. The standard InChI is InChI=1S/C26H22Cl2N2O2/c1-30-24-10-6-5-9-20(24)21(17-7-3-2-4-8-17)16-23(26(30)32)29-25(31)14-12-18-11-13-19(27)15-22(18)28/h2-11,13,15-16,23H,12,14H2,1H3,(H,29,31). The molecule has 0 saturated carbocycles. The van der Waals surface area contributed by atoms with E-state index in [2.05, 4.69) is 5.32 Å². The molecule has 6 heteroatoms. The van der Waals surface area contributed by atoms with Crippen LogP contribution in [0.3, 0.4) is 0 Å². The SMILES string of the molecule is CN1C(=O)C(NC(=O)CCc2ccc(Cl)cc2Cl)C=C(c2ccccc2)c2ccccc21. The molecule has 0 bridgehead atoms. The smallest absolute Gasteiger partial charge is 0.253 e. The van der Waals surface area contributed by atoms with Gasteiger partial charge in [0.05, 0.1) is 5.69 Å². The van der Waals surface area contributed by atoms with Gasteiger partial charge in [-0.1, -0.05) is 77.8 Å². The number of nitrogens with zero attached hydrogens (tertiary/aromatic N) is 1. The van der Waals surface area contributed by atoms with Crippen LogP contribution in [-0.2, 0) is 16.0 Å². The minimum atomic E-state index is -0.782. The zero-order valence-corrected chi connectivity index (χ0v) is 19.0. The zero-order valence-electron chi connectivity index (χ0n) is 17.5. The molecule has 0 saturated heterocycles. The van der Waals surface area contributed by atoms with Crippen molar-refractivity contribution in [3.05, 3.63) is 106 Å². The lowest BCUT2D eigenvalue weighted by molar-refractivity contribution is -0.126. The van der Waals surface area contributed by atoms with Gasteiger partial charge in [0.15, 0.2) is 0 Å². The summed E-state index contributed by atoms with van der Waals surface area (Å²) in [5.74, 6) is -0.418. The number of halogens is 2. The van der Waals surface area contributed by atoms with Crippen molar-refractivity contribution in [3.63, 3.8) is 0 Å². The summed E-state index contributed by atoms with van der Waals surface area (Å²) in [4.78, 5) is 27.6. The van der Waals surface area contributed by atoms with Crippen molar-refractivity contribution in [3.8, 4) is 0 Å². The topological polar surface area (TPSA) is 49.4 Å². The van der Waals surface area contributed by atoms with E-state index in [-0.39, 0.29) is 18.2 Å². The third-order valence-corrected chi connectivity index (χ3v) is 6.11. The lowest BCUT2D eigenvalue weighted by Crippen LogP contribution is -2.46. The molecule has 32 heavy (non-hydrogen) atoms. The zero-order chi connectivity index (χ0) is 22.7. The Kier molecular flexibility index (Phi) is 6.63.